The third kappa shape index (κ3) is 5.94. The highest BCUT2D eigenvalue weighted by molar-refractivity contribution is 6.01. The molecule has 6 heteroatoms. The topological polar surface area (TPSA) is 77.4 Å². The second kappa shape index (κ2) is 9.77. The first-order chi connectivity index (χ1) is 14.8. The fourth-order valence-corrected chi connectivity index (χ4v) is 3.74. The Bertz CT molecular complexity index is 997. The van der Waals surface area contributed by atoms with Gasteiger partial charge in [-0.05, 0) is 63.3 Å². The first-order valence-corrected chi connectivity index (χ1v) is 10.7. The minimum atomic E-state index is -0.874. The summed E-state index contributed by atoms with van der Waals surface area (Å²) in [5.74, 6) is -0.853. The zero-order chi connectivity index (χ0) is 22.5. The van der Waals surface area contributed by atoms with Crippen LogP contribution in [0.5, 0.6) is 0 Å². The number of hydrogen-bond acceptors (Lipinski definition) is 4. The Kier molecular flexibility index (Phi) is 7.10. The summed E-state index contributed by atoms with van der Waals surface area (Å²) < 4.78 is 7.63. The van der Waals surface area contributed by atoms with E-state index in [9.17, 15) is 14.4 Å². The van der Waals surface area contributed by atoms with Crippen LogP contribution in [-0.2, 0) is 20.7 Å². The summed E-state index contributed by atoms with van der Waals surface area (Å²) in [5, 5.41) is 2.74. The summed E-state index contributed by atoms with van der Waals surface area (Å²) in [6, 6.07) is 9.79. The van der Waals surface area contributed by atoms with E-state index in [0.29, 0.717) is 24.6 Å². The maximum atomic E-state index is 12.6. The van der Waals surface area contributed by atoms with Gasteiger partial charge in [-0.2, -0.15) is 0 Å². The molecule has 1 atom stereocenters. The van der Waals surface area contributed by atoms with E-state index in [2.05, 4.69) is 29.8 Å². The summed E-state index contributed by atoms with van der Waals surface area (Å²) >= 11 is 0. The van der Waals surface area contributed by atoms with E-state index in [0.717, 1.165) is 16.8 Å². The molecule has 6 nitrogen and oxygen atoms in total. The summed E-state index contributed by atoms with van der Waals surface area (Å²) in [4.78, 5) is 35.8. The molecule has 0 unspecified atom stereocenters. The van der Waals surface area contributed by atoms with Gasteiger partial charge in [-0.1, -0.05) is 24.3 Å². The fourth-order valence-electron chi connectivity index (χ4n) is 3.74. The number of benzene rings is 1. The van der Waals surface area contributed by atoms with Gasteiger partial charge in [0.15, 0.2) is 6.10 Å². The lowest BCUT2D eigenvalue weighted by Crippen LogP contribution is -2.24. The molecule has 31 heavy (non-hydrogen) atoms. The molecule has 3 rings (SSSR count). The minimum Gasteiger partial charge on any atom is -0.451 e. The van der Waals surface area contributed by atoms with Crippen LogP contribution in [0.15, 0.2) is 36.4 Å². The number of nitrogens with zero attached hydrogens (tertiary/aromatic N) is 1. The molecule has 1 saturated carbocycles. The van der Waals surface area contributed by atoms with Crippen molar-refractivity contribution in [2.75, 3.05) is 6.54 Å². The number of hydrogen-bond donors (Lipinski definition) is 1. The first kappa shape index (κ1) is 22.5. The monoisotopic (exact) mass is 422 g/mol. The Labute approximate surface area is 183 Å². The second-order valence-corrected chi connectivity index (χ2v) is 8.13. The van der Waals surface area contributed by atoms with Gasteiger partial charge in [0.1, 0.15) is 0 Å². The van der Waals surface area contributed by atoms with Gasteiger partial charge in [-0.25, -0.2) is 4.79 Å². The molecule has 2 aromatic rings. The smallest absolute Gasteiger partial charge is 0.331 e. The number of amides is 1. The average Bonchev–Trinajstić information content (AvgIpc) is 3.51. The number of Topliss-reactive ketones (excluding diaryl/α,β-unsaturated/α-hetero) is 1. The van der Waals surface area contributed by atoms with E-state index in [4.69, 9.17) is 4.74 Å². The van der Waals surface area contributed by atoms with Crippen molar-refractivity contribution < 1.29 is 19.1 Å². The third-order valence-corrected chi connectivity index (χ3v) is 5.52. The van der Waals surface area contributed by atoms with Crippen molar-refractivity contribution in [3.05, 3.63) is 64.5 Å². The maximum absolute atomic E-state index is 12.6. The van der Waals surface area contributed by atoms with Crippen molar-refractivity contribution in [3.63, 3.8) is 0 Å². The molecule has 0 aliphatic heterocycles. The summed E-state index contributed by atoms with van der Waals surface area (Å²) in [7, 11) is 0. The maximum Gasteiger partial charge on any atom is 0.331 e. The van der Waals surface area contributed by atoms with Gasteiger partial charge < -0.3 is 14.6 Å². The quantitative estimate of drug-likeness (QED) is 0.377. The Balaban J connectivity index is 1.54. The molecule has 1 heterocycles. The molecule has 0 saturated heterocycles. The Morgan fingerprint density at radius 3 is 2.48 bits per heavy atom. The number of carbonyl (C=O) groups excluding carboxylic acids is 3. The van der Waals surface area contributed by atoms with Crippen molar-refractivity contribution in [1.82, 2.24) is 9.88 Å². The van der Waals surface area contributed by atoms with Gasteiger partial charge in [0, 0.05) is 42.5 Å². The van der Waals surface area contributed by atoms with Crippen LogP contribution >= 0.6 is 0 Å². The van der Waals surface area contributed by atoms with Crippen LogP contribution in [0, 0.1) is 13.8 Å². The van der Waals surface area contributed by atoms with Crippen LogP contribution in [0.2, 0.25) is 0 Å². The zero-order valence-electron chi connectivity index (χ0n) is 18.6. The number of rotatable bonds is 9. The highest BCUT2D eigenvalue weighted by Gasteiger charge is 2.26. The van der Waals surface area contributed by atoms with Crippen molar-refractivity contribution in [2.24, 2.45) is 0 Å². The summed E-state index contributed by atoms with van der Waals surface area (Å²) in [5.41, 5.74) is 4.83. The van der Waals surface area contributed by atoms with Crippen molar-refractivity contribution in [3.8, 4) is 0 Å². The number of aromatic nitrogens is 1. The average molecular weight is 423 g/mol. The lowest BCUT2D eigenvalue weighted by Gasteiger charge is -2.11. The third-order valence-electron chi connectivity index (χ3n) is 5.52. The van der Waals surface area contributed by atoms with E-state index in [1.807, 2.05) is 12.1 Å². The van der Waals surface area contributed by atoms with Gasteiger partial charge in [0.2, 0.25) is 11.7 Å². The van der Waals surface area contributed by atoms with Crippen LogP contribution in [0.25, 0.3) is 6.08 Å². The van der Waals surface area contributed by atoms with Crippen molar-refractivity contribution in [2.45, 2.75) is 59.1 Å². The van der Waals surface area contributed by atoms with E-state index >= 15 is 0 Å². The molecule has 0 radical (unpaired) electrons. The highest BCUT2D eigenvalue weighted by atomic mass is 16.5. The molecule has 164 valence electrons. The van der Waals surface area contributed by atoms with Gasteiger partial charge in [0.25, 0.3) is 0 Å². The van der Waals surface area contributed by atoms with Crippen LogP contribution in [0.1, 0.15) is 65.6 Å². The summed E-state index contributed by atoms with van der Waals surface area (Å²) in [6.07, 6.45) is 5.36. The van der Waals surface area contributed by atoms with E-state index < -0.39 is 12.1 Å². The number of ketones is 1. The number of ether oxygens (including phenoxy) is 1. The van der Waals surface area contributed by atoms with Crippen LogP contribution in [-0.4, -0.2) is 34.9 Å². The summed E-state index contributed by atoms with van der Waals surface area (Å²) in [6.45, 7) is 7.74. The number of carbonyl (C=O) groups is 3. The number of aryl methyl sites for hydroxylation is 1. The molecule has 1 aliphatic rings. The minimum absolute atomic E-state index is 0.0673. The molecule has 1 N–H and O–H groups in total. The lowest BCUT2D eigenvalue weighted by molar-refractivity contribution is -0.140. The fraction of sp³-hybridized carbons (Fsp3) is 0.400. The Morgan fingerprint density at radius 2 is 1.87 bits per heavy atom. The molecule has 1 fully saturated rings. The van der Waals surface area contributed by atoms with Crippen LogP contribution in [0.3, 0.4) is 0 Å². The predicted octanol–water partition coefficient (Wildman–Crippen LogP) is 3.95. The van der Waals surface area contributed by atoms with Crippen LogP contribution < -0.4 is 5.32 Å². The van der Waals surface area contributed by atoms with Gasteiger partial charge >= 0.3 is 5.97 Å². The normalized spacial score (nSPS) is 14.5. The molecule has 0 bridgehead atoms. The standard InChI is InChI=1S/C25H30N2O4/c1-16-15-22(17(2)27(16)23-10-11-23)9-12-24(29)31-18(3)25(30)21-7-5-20(6-8-21)13-14-26-19(4)28/h5-9,12,15,18,23H,10-11,13-14H2,1-4H3,(H,26,28)/b12-9+/t18-/m0/s1. The molecule has 0 spiro atoms. The lowest BCUT2D eigenvalue weighted by atomic mass is 10.0. The second-order valence-electron chi connectivity index (χ2n) is 8.13. The van der Waals surface area contributed by atoms with E-state index in [-0.39, 0.29) is 11.7 Å². The Hall–Kier alpha value is -3.15. The molecule has 1 amide bonds. The van der Waals surface area contributed by atoms with Gasteiger partial charge in [0.05, 0.1) is 0 Å². The van der Waals surface area contributed by atoms with E-state index in [1.54, 1.807) is 25.1 Å². The highest BCUT2D eigenvalue weighted by Crippen LogP contribution is 2.38. The van der Waals surface area contributed by atoms with Crippen molar-refractivity contribution in [1.29, 1.82) is 0 Å². The largest absolute Gasteiger partial charge is 0.451 e. The molecule has 1 aliphatic carbocycles. The molecular formula is C25H30N2O4. The molecular weight excluding hydrogens is 392 g/mol. The SMILES string of the molecule is CC(=O)NCCc1ccc(C(=O)[C@H](C)OC(=O)/C=C/c2cc(C)n(C3CC3)c2C)cc1. The Morgan fingerprint density at radius 1 is 1.19 bits per heavy atom. The predicted molar refractivity (Wildman–Crippen MR) is 120 cm³/mol. The van der Waals surface area contributed by atoms with Crippen LogP contribution in [0.4, 0.5) is 0 Å². The van der Waals surface area contributed by atoms with Gasteiger partial charge in [-0.15, -0.1) is 0 Å². The van der Waals surface area contributed by atoms with Gasteiger partial charge in [-0.3, -0.25) is 9.59 Å². The molecule has 1 aromatic carbocycles. The number of nitrogens with one attached hydrogen (secondary N) is 1. The van der Waals surface area contributed by atoms with Crippen molar-refractivity contribution >= 4 is 23.7 Å². The first-order valence-electron chi connectivity index (χ1n) is 10.7. The molecule has 1 aromatic heterocycles. The number of esters is 1. The van der Waals surface area contributed by atoms with E-state index in [1.165, 1.54) is 31.5 Å². The zero-order valence-corrected chi connectivity index (χ0v) is 18.6.